The Labute approximate surface area is 251 Å². The van der Waals surface area contributed by atoms with Gasteiger partial charge < -0.3 is 14.8 Å². The Bertz CT molecular complexity index is 1590. The van der Waals surface area contributed by atoms with Gasteiger partial charge in [0, 0.05) is 47.4 Å². The van der Waals surface area contributed by atoms with E-state index in [0.29, 0.717) is 41.7 Å². The van der Waals surface area contributed by atoms with Gasteiger partial charge in [-0.1, -0.05) is 39.3 Å². The molecule has 12 heteroatoms. The summed E-state index contributed by atoms with van der Waals surface area (Å²) in [6.07, 6.45) is -3.03. The molecule has 0 unspecified atom stereocenters. The first-order chi connectivity index (χ1) is 19.9. The maximum atomic E-state index is 13.6. The van der Waals surface area contributed by atoms with Crippen LogP contribution in [0.3, 0.4) is 0 Å². The number of carbonyl (C=O) groups is 2. The number of allylic oxidation sites excluding steroid dienone is 4. The SMILES string of the molecule is COc1cc(C2C3=C(CC(C)(C)CC3=O)NC3=C2C(=O)CC(C)(C)C3)cc(Cl)c1Oc1ccc(C(F)(F)F)cc1[N+](=O)[O-]. The average Bonchev–Trinajstić information content (AvgIpc) is 2.86. The summed E-state index contributed by atoms with van der Waals surface area (Å²) in [5.41, 5.74) is 0.265. The van der Waals surface area contributed by atoms with Gasteiger partial charge in [-0.2, -0.15) is 13.2 Å². The number of Topliss-reactive ketones (excluding diaryl/α,β-unsaturated/α-hetero) is 2. The molecule has 0 bridgehead atoms. The zero-order chi connectivity index (χ0) is 31.6. The van der Waals surface area contributed by atoms with Crippen molar-refractivity contribution in [3.8, 4) is 17.2 Å². The number of methoxy groups -OCH3 is 1. The Kier molecular flexibility index (Phi) is 7.40. The Morgan fingerprint density at radius 3 is 1.98 bits per heavy atom. The molecule has 0 spiro atoms. The van der Waals surface area contributed by atoms with Crippen molar-refractivity contribution < 1.29 is 37.2 Å². The quantitative estimate of drug-likeness (QED) is 0.267. The second-order valence-corrected chi connectivity index (χ2v) is 13.2. The van der Waals surface area contributed by atoms with Crippen molar-refractivity contribution in [1.82, 2.24) is 5.32 Å². The third-order valence-corrected chi connectivity index (χ3v) is 8.28. The van der Waals surface area contributed by atoms with Gasteiger partial charge in [0.15, 0.2) is 23.1 Å². The number of benzene rings is 2. The standard InChI is InChI=1S/C31H30ClF3N2O6/c1-29(2)11-18-26(21(38)13-29)25(27-19(36-18)12-30(3,4)14-22(27)39)15-8-17(32)28(24(9-15)42-5)43-23-7-6-16(31(33,34)35)10-20(23)37(40)41/h6-10,25,36H,11-14H2,1-5H3. The molecule has 1 N–H and O–H groups in total. The van der Waals surface area contributed by atoms with E-state index in [2.05, 4.69) is 5.32 Å². The molecule has 0 radical (unpaired) electrons. The molecule has 5 rings (SSSR count). The van der Waals surface area contributed by atoms with Gasteiger partial charge in [-0.15, -0.1) is 0 Å². The molecule has 1 aliphatic heterocycles. The Balaban J connectivity index is 1.64. The van der Waals surface area contributed by atoms with Gasteiger partial charge in [0.25, 0.3) is 0 Å². The highest BCUT2D eigenvalue weighted by Crippen LogP contribution is 2.53. The molecule has 2 aromatic rings. The number of rotatable bonds is 5. The fourth-order valence-corrected chi connectivity index (χ4v) is 6.52. The minimum atomic E-state index is -4.80. The molecule has 0 fully saturated rings. The second-order valence-electron chi connectivity index (χ2n) is 12.8. The lowest BCUT2D eigenvalue weighted by molar-refractivity contribution is -0.385. The van der Waals surface area contributed by atoms with E-state index in [1.807, 2.05) is 27.7 Å². The number of nitro benzene ring substituents is 1. The highest BCUT2D eigenvalue weighted by Gasteiger charge is 2.46. The van der Waals surface area contributed by atoms with Crippen LogP contribution in [0.25, 0.3) is 0 Å². The molecule has 43 heavy (non-hydrogen) atoms. The van der Waals surface area contributed by atoms with Crippen LogP contribution >= 0.6 is 11.6 Å². The van der Waals surface area contributed by atoms with E-state index in [0.717, 1.165) is 17.5 Å². The second kappa shape index (κ2) is 10.4. The lowest BCUT2D eigenvalue weighted by Crippen LogP contribution is -2.42. The van der Waals surface area contributed by atoms with Crippen molar-refractivity contribution >= 4 is 28.9 Å². The Morgan fingerprint density at radius 1 is 0.930 bits per heavy atom. The summed E-state index contributed by atoms with van der Waals surface area (Å²) in [5, 5.41) is 15.0. The molecule has 0 amide bonds. The summed E-state index contributed by atoms with van der Waals surface area (Å²) in [7, 11) is 1.31. The van der Waals surface area contributed by atoms with Crippen LogP contribution in [0.4, 0.5) is 18.9 Å². The Hall–Kier alpha value is -3.86. The number of ether oxygens (including phenoxy) is 2. The minimum absolute atomic E-state index is 0.0201. The first-order valence-corrected chi connectivity index (χ1v) is 14.0. The number of nitrogens with one attached hydrogen (secondary N) is 1. The molecule has 0 saturated carbocycles. The molecule has 8 nitrogen and oxygen atoms in total. The van der Waals surface area contributed by atoms with Crippen LogP contribution in [-0.2, 0) is 15.8 Å². The van der Waals surface area contributed by atoms with E-state index in [9.17, 15) is 32.9 Å². The fourth-order valence-electron chi connectivity index (χ4n) is 6.26. The van der Waals surface area contributed by atoms with E-state index in [1.54, 1.807) is 6.07 Å². The summed E-state index contributed by atoms with van der Waals surface area (Å²) < 4.78 is 50.8. The zero-order valence-corrected chi connectivity index (χ0v) is 25.0. The number of nitrogens with zero attached hydrogens (tertiary/aromatic N) is 1. The molecular formula is C31H30ClF3N2O6. The lowest BCUT2D eigenvalue weighted by Gasteiger charge is -2.44. The van der Waals surface area contributed by atoms with Gasteiger partial charge in [0.05, 0.1) is 22.6 Å². The molecule has 3 aliphatic rings. The molecule has 0 atom stereocenters. The molecule has 0 saturated heterocycles. The van der Waals surface area contributed by atoms with E-state index in [-0.39, 0.29) is 51.8 Å². The maximum Gasteiger partial charge on any atom is 0.416 e. The predicted octanol–water partition coefficient (Wildman–Crippen LogP) is 8.04. The van der Waals surface area contributed by atoms with Crippen LogP contribution in [0.2, 0.25) is 5.02 Å². The molecule has 2 aromatic carbocycles. The first-order valence-electron chi connectivity index (χ1n) is 13.6. The Morgan fingerprint density at radius 2 is 1.49 bits per heavy atom. The number of ketones is 2. The van der Waals surface area contributed by atoms with Crippen molar-refractivity contribution in [3.05, 3.63) is 79.1 Å². The van der Waals surface area contributed by atoms with Crippen molar-refractivity contribution in [2.45, 2.75) is 65.5 Å². The molecule has 228 valence electrons. The van der Waals surface area contributed by atoms with Crippen LogP contribution in [-0.4, -0.2) is 23.6 Å². The largest absolute Gasteiger partial charge is 0.493 e. The van der Waals surface area contributed by atoms with E-state index >= 15 is 0 Å². The number of halogens is 4. The van der Waals surface area contributed by atoms with Crippen LogP contribution in [0.15, 0.2) is 52.9 Å². The summed E-state index contributed by atoms with van der Waals surface area (Å²) >= 11 is 6.66. The van der Waals surface area contributed by atoms with Crippen molar-refractivity contribution in [2.24, 2.45) is 10.8 Å². The monoisotopic (exact) mass is 618 g/mol. The van der Waals surface area contributed by atoms with Gasteiger partial charge in [0.1, 0.15) is 0 Å². The van der Waals surface area contributed by atoms with Crippen LogP contribution < -0.4 is 14.8 Å². The fraction of sp³-hybridized carbons (Fsp3) is 0.419. The normalized spacial score (nSPS) is 19.9. The van der Waals surface area contributed by atoms with Gasteiger partial charge in [0.2, 0.25) is 5.75 Å². The molecule has 1 heterocycles. The first kappa shape index (κ1) is 30.6. The van der Waals surface area contributed by atoms with Crippen molar-refractivity contribution in [1.29, 1.82) is 0 Å². The molecule has 0 aromatic heterocycles. The number of hydrogen-bond donors (Lipinski definition) is 1. The van der Waals surface area contributed by atoms with Gasteiger partial charge in [-0.05, 0) is 53.5 Å². The zero-order valence-electron chi connectivity index (χ0n) is 24.2. The summed E-state index contributed by atoms with van der Waals surface area (Å²) in [4.78, 5) is 37.9. The third-order valence-electron chi connectivity index (χ3n) is 8.00. The lowest BCUT2D eigenvalue weighted by atomic mass is 9.64. The number of dihydropyridines is 1. The molecular weight excluding hydrogens is 589 g/mol. The van der Waals surface area contributed by atoms with Gasteiger partial charge in [-0.25, -0.2) is 0 Å². The van der Waals surface area contributed by atoms with Gasteiger partial charge in [-0.3, -0.25) is 19.7 Å². The summed E-state index contributed by atoms with van der Waals surface area (Å²) in [6, 6.07) is 4.94. The minimum Gasteiger partial charge on any atom is -0.493 e. The average molecular weight is 619 g/mol. The highest BCUT2D eigenvalue weighted by atomic mass is 35.5. The van der Waals surface area contributed by atoms with Crippen LogP contribution in [0.5, 0.6) is 17.2 Å². The maximum absolute atomic E-state index is 13.6. The number of hydrogen-bond acceptors (Lipinski definition) is 7. The van der Waals surface area contributed by atoms with Crippen molar-refractivity contribution in [3.63, 3.8) is 0 Å². The number of nitro groups is 1. The van der Waals surface area contributed by atoms with Gasteiger partial charge >= 0.3 is 11.9 Å². The van der Waals surface area contributed by atoms with E-state index in [4.69, 9.17) is 21.1 Å². The van der Waals surface area contributed by atoms with Crippen molar-refractivity contribution in [2.75, 3.05) is 7.11 Å². The summed E-state index contributed by atoms with van der Waals surface area (Å²) in [6.45, 7) is 8.05. The summed E-state index contributed by atoms with van der Waals surface area (Å²) in [5.74, 6) is -1.55. The van der Waals surface area contributed by atoms with E-state index in [1.165, 1.54) is 13.2 Å². The number of carbonyl (C=O) groups excluding carboxylic acids is 2. The molecule has 2 aliphatic carbocycles. The predicted molar refractivity (Wildman–Crippen MR) is 152 cm³/mol. The van der Waals surface area contributed by atoms with E-state index < -0.39 is 34.0 Å². The number of alkyl halides is 3. The highest BCUT2D eigenvalue weighted by molar-refractivity contribution is 6.32. The van der Waals surface area contributed by atoms with Crippen LogP contribution in [0.1, 0.15) is 70.4 Å². The van der Waals surface area contributed by atoms with Crippen LogP contribution in [0, 0.1) is 20.9 Å². The smallest absolute Gasteiger partial charge is 0.416 e. The topological polar surface area (TPSA) is 108 Å². The third kappa shape index (κ3) is 5.74.